The molecule has 148 valence electrons. The second kappa shape index (κ2) is 8.46. The zero-order valence-corrected chi connectivity index (χ0v) is 16.7. The normalized spacial score (nSPS) is 11.5. The first-order chi connectivity index (χ1) is 13.2. The first-order valence-corrected chi connectivity index (χ1v) is 9.88. The zero-order valence-electron chi connectivity index (χ0n) is 14.3. The molecule has 0 radical (unpaired) electrons. The number of pyridine rings is 1. The van der Waals surface area contributed by atoms with Gasteiger partial charge in [0.15, 0.2) is 6.61 Å². The van der Waals surface area contributed by atoms with E-state index in [-0.39, 0.29) is 18.3 Å². The summed E-state index contributed by atoms with van der Waals surface area (Å²) in [6, 6.07) is 6.54. The van der Waals surface area contributed by atoms with Crippen molar-refractivity contribution in [1.29, 1.82) is 0 Å². The van der Waals surface area contributed by atoms with Crippen LogP contribution in [-0.4, -0.2) is 28.7 Å². The number of carbonyl (C=O) groups is 1. The van der Waals surface area contributed by atoms with Gasteiger partial charge in [-0.25, -0.2) is 9.97 Å². The maximum Gasteiger partial charge on any atom is 0.422 e. The summed E-state index contributed by atoms with van der Waals surface area (Å²) in [6.45, 7) is 0.423. The molecule has 3 aromatic rings. The van der Waals surface area contributed by atoms with Gasteiger partial charge in [0.1, 0.15) is 9.88 Å². The Kier molecular flexibility index (Phi) is 6.21. The minimum Gasteiger partial charge on any atom is -0.468 e. The molecule has 3 aromatic heterocycles. The van der Waals surface area contributed by atoms with Gasteiger partial charge in [-0.05, 0) is 30.7 Å². The second-order valence-electron chi connectivity index (χ2n) is 5.63. The average molecular weight is 448 g/mol. The van der Waals surface area contributed by atoms with Gasteiger partial charge in [0.05, 0.1) is 14.9 Å². The lowest BCUT2D eigenvalue weighted by Crippen LogP contribution is -2.23. The van der Waals surface area contributed by atoms with Gasteiger partial charge in [0.25, 0.3) is 5.91 Å². The van der Waals surface area contributed by atoms with Crippen molar-refractivity contribution < 1.29 is 22.7 Å². The number of hydrogen-bond donors (Lipinski definition) is 1. The summed E-state index contributed by atoms with van der Waals surface area (Å²) in [5.41, 5.74) is 1.15. The van der Waals surface area contributed by atoms with Crippen LogP contribution in [0.4, 0.5) is 13.2 Å². The lowest BCUT2D eigenvalue weighted by molar-refractivity contribution is -0.154. The molecule has 3 heterocycles. The van der Waals surface area contributed by atoms with E-state index in [0.29, 0.717) is 25.5 Å². The number of thiophene rings is 1. The maximum atomic E-state index is 12.5. The SMILES string of the molecule is Cc1nc(-c2ccc(Cl)s2)sc1C(=O)NCc1ccnc(OCC(F)(F)F)c1. The number of halogens is 4. The molecule has 11 heteroatoms. The van der Waals surface area contributed by atoms with Gasteiger partial charge in [0.2, 0.25) is 5.88 Å². The molecule has 0 aliphatic heterocycles. The molecular weight excluding hydrogens is 435 g/mol. The molecule has 0 saturated carbocycles. The summed E-state index contributed by atoms with van der Waals surface area (Å²) >= 11 is 8.56. The molecule has 0 saturated heterocycles. The predicted molar refractivity (Wildman–Crippen MR) is 102 cm³/mol. The van der Waals surface area contributed by atoms with E-state index in [4.69, 9.17) is 11.6 Å². The van der Waals surface area contributed by atoms with Gasteiger partial charge < -0.3 is 10.1 Å². The van der Waals surface area contributed by atoms with Crippen LogP contribution in [0.15, 0.2) is 30.5 Å². The predicted octanol–water partition coefficient (Wildman–Crippen LogP) is 5.10. The third-order valence-corrected chi connectivity index (χ3v) is 5.98. The van der Waals surface area contributed by atoms with Crippen LogP contribution in [0.25, 0.3) is 9.88 Å². The Bertz CT molecular complexity index is 988. The Labute approximate surface area is 171 Å². The van der Waals surface area contributed by atoms with Gasteiger partial charge >= 0.3 is 6.18 Å². The highest BCUT2D eigenvalue weighted by molar-refractivity contribution is 7.24. The minimum absolute atomic E-state index is 0.112. The van der Waals surface area contributed by atoms with Crippen LogP contribution < -0.4 is 10.1 Å². The Balaban J connectivity index is 1.64. The molecular formula is C17H13ClF3N3O2S2. The van der Waals surface area contributed by atoms with E-state index in [1.165, 1.54) is 34.9 Å². The quantitative estimate of drug-likeness (QED) is 0.571. The molecule has 0 fully saturated rings. The van der Waals surface area contributed by atoms with Crippen molar-refractivity contribution in [2.75, 3.05) is 6.61 Å². The summed E-state index contributed by atoms with van der Waals surface area (Å²) in [7, 11) is 0. The molecule has 0 aliphatic carbocycles. The standard InChI is InChI=1S/C17H13ClF3N3O2S2/c1-9-14(28-16(24-9)11-2-3-12(18)27-11)15(25)23-7-10-4-5-22-13(6-10)26-8-17(19,20)21/h2-6H,7-8H2,1H3,(H,23,25). The lowest BCUT2D eigenvalue weighted by Gasteiger charge is -2.09. The molecule has 28 heavy (non-hydrogen) atoms. The number of ether oxygens (including phenoxy) is 1. The number of hydrogen-bond acceptors (Lipinski definition) is 6. The fourth-order valence-corrected chi connectivity index (χ4v) is 4.28. The van der Waals surface area contributed by atoms with E-state index >= 15 is 0 Å². The monoisotopic (exact) mass is 447 g/mol. The lowest BCUT2D eigenvalue weighted by atomic mass is 10.2. The molecule has 0 aromatic carbocycles. The molecule has 1 N–H and O–H groups in total. The summed E-state index contributed by atoms with van der Waals surface area (Å²) in [4.78, 5) is 21.9. The minimum atomic E-state index is -4.44. The Morgan fingerprint density at radius 1 is 1.29 bits per heavy atom. The number of rotatable bonds is 6. The summed E-state index contributed by atoms with van der Waals surface area (Å²) in [5, 5.41) is 3.43. The van der Waals surface area contributed by atoms with Crippen molar-refractivity contribution in [1.82, 2.24) is 15.3 Å². The van der Waals surface area contributed by atoms with Gasteiger partial charge in [0, 0.05) is 18.8 Å². The fourth-order valence-electron chi connectivity index (χ4n) is 2.20. The van der Waals surface area contributed by atoms with Crippen LogP contribution in [0.2, 0.25) is 4.34 Å². The van der Waals surface area contributed by atoms with Crippen molar-refractivity contribution in [3.8, 4) is 15.8 Å². The van der Waals surface area contributed by atoms with E-state index in [0.717, 1.165) is 4.88 Å². The van der Waals surface area contributed by atoms with Crippen LogP contribution in [-0.2, 0) is 6.54 Å². The molecule has 0 aliphatic rings. The van der Waals surface area contributed by atoms with Gasteiger partial charge in [-0.15, -0.1) is 22.7 Å². The number of alkyl halides is 3. The molecule has 0 bridgehead atoms. The Morgan fingerprint density at radius 2 is 2.07 bits per heavy atom. The maximum absolute atomic E-state index is 12.5. The molecule has 0 unspecified atom stereocenters. The highest BCUT2D eigenvalue weighted by atomic mass is 35.5. The van der Waals surface area contributed by atoms with Gasteiger partial charge in [-0.1, -0.05) is 11.6 Å². The Morgan fingerprint density at radius 3 is 2.75 bits per heavy atom. The van der Waals surface area contributed by atoms with E-state index in [1.807, 2.05) is 6.07 Å². The molecule has 5 nitrogen and oxygen atoms in total. The fraction of sp³-hybridized carbons (Fsp3) is 0.235. The summed E-state index contributed by atoms with van der Waals surface area (Å²) < 4.78 is 41.9. The first-order valence-electron chi connectivity index (χ1n) is 7.87. The zero-order chi connectivity index (χ0) is 20.3. The second-order valence-corrected chi connectivity index (χ2v) is 8.34. The number of aryl methyl sites for hydroxylation is 1. The van der Waals surface area contributed by atoms with Crippen LogP contribution >= 0.6 is 34.3 Å². The topological polar surface area (TPSA) is 64.1 Å². The number of thiazole rings is 1. The number of nitrogens with one attached hydrogen (secondary N) is 1. The summed E-state index contributed by atoms with van der Waals surface area (Å²) in [6.07, 6.45) is -3.12. The number of aromatic nitrogens is 2. The first kappa shape index (κ1) is 20.6. The molecule has 0 spiro atoms. The largest absolute Gasteiger partial charge is 0.468 e. The molecule has 3 rings (SSSR count). The smallest absolute Gasteiger partial charge is 0.422 e. The summed E-state index contributed by atoms with van der Waals surface area (Å²) in [5.74, 6) is -0.478. The third-order valence-electron chi connectivity index (χ3n) is 3.42. The van der Waals surface area contributed by atoms with Crippen molar-refractivity contribution in [2.24, 2.45) is 0 Å². The highest BCUT2D eigenvalue weighted by Gasteiger charge is 2.28. The molecule has 0 atom stereocenters. The van der Waals surface area contributed by atoms with E-state index in [9.17, 15) is 18.0 Å². The number of nitrogens with zero attached hydrogens (tertiary/aromatic N) is 2. The highest BCUT2D eigenvalue weighted by Crippen LogP contribution is 2.34. The van der Waals surface area contributed by atoms with Crippen LogP contribution in [0.3, 0.4) is 0 Å². The van der Waals surface area contributed by atoms with Crippen molar-refractivity contribution in [2.45, 2.75) is 19.6 Å². The van der Waals surface area contributed by atoms with E-state index in [2.05, 4.69) is 20.0 Å². The van der Waals surface area contributed by atoms with Crippen LogP contribution in [0.1, 0.15) is 20.9 Å². The van der Waals surface area contributed by atoms with Crippen molar-refractivity contribution in [3.05, 3.63) is 50.9 Å². The van der Waals surface area contributed by atoms with Gasteiger partial charge in [-0.3, -0.25) is 4.79 Å². The van der Waals surface area contributed by atoms with Crippen LogP contribution in [0, 0.1) is 6.92 Å². The number of carbonyl (C=O) groups excluding carboxylic acids is 1. The number of amides is 1. The van der Waals surface area contributed by atoms with E-state index in [1.54, 1.807) is 19.1 Å². The van der Waals surface area contributed by atoms with Crippen molar-refractivity contribution in [3.63, 3.8) is 0 Å². The Hall–Kier alpha value is -2.17. The third kappa shape index (κ3) is 5.43. The van der Waals surface area contributed by atoms with Crippen molar-refractivity contribution >= 4 is 40.2 Å². The van der Waals surface area contributed by atoms with Crippen LogP contribution in [0.5, 0.6) is 5.88 Å². The molecule has 1 amide bonds. The van der Waals surface area contributed by atoms with Gasteiger partial charge in [-0.2, -0.15) is 13.2 Å². The van der Waals surface area contributed by atoms with E-state index < -0.39 is 12.8 Å². The average Bonchev–Trinajstić information content (AvgIpc) is 3.23.